The van der Waals surface area contributed by atoms with Crippen molar-refractivity contribution in [2.24, 2.45) is 0 Å². The second-order valence-corrected chi connectivity index (χ2v) is 18.0. The van der Waals surface area contributed by atoms with Gasteiger partial charge in [0.05, 0.1) is 6.61 Å². The lowest BCUT2D eigenvalue weighted by atomic mass is 9.85. The van der Waals surface area contributed by atoms with Crippen LogP contribution in [0.15, 0.2) is 12.2 Å². The zero-order chi connectivity index (χ0) is 43.6. The van der Waals surface area contributed by atoms with E-state index in [1.54, 1.807) is 0 Å². The van der Waals surface area contributed by atoms with Gasteiger partial charge in [0, 0.05) is 12.8 Å². The lowest BCUT2D eigenvalue weighted by Gasteiger charge is -2.41. The summed E-state index contributed by atoms with van der Waals surface area (Å²) in [6.45, 7) is 3.29. The summed E-state index contributed by atoms with van der Waals surface area (Å²) in [5.41, 5.74) is 0. The molecule has 0 saturated heterocycles. The van der Waals surface area contributed by atoms with E-state index in [2.05, 4.69) is 26.0 Å². The highest BCUT2D eigenvalue weighted by molar-refractivity contribution is 7.47. The summed E-state index contributed by atoms with van der Waals surface area (Å²) in [6.07, 6.45) is 24.1. The standard InChI is InChI=1S/C45H85O13P/c1-3-5-7-9-11-13-15-17-18-19-20-22-24-26-28-30-32-34-39(47)57-37(36-56-59(53,54)58-45-43(51)41(49)40(48)42(50)44(45)52)35-55-38(46)33-31-29-27-25-23-21-16-14-12-10-8-6-4-2/h14,16,37,40-45,48-52H,3-13,15,17-36H2,1-2H3,(H,53,54)/b16-14-/t37-,40?,41-,42?,43?,44?,45?/m1/s1. The number of carbonyl (C=O) groups is 2. The lowest BCUT2D eigenvalue weighted by Crippen LogP contribution is -2.64. The van der Waals surface area contributed by atoms with Gasteiger partial charge in [-0.25, -0.2) is 4.57 Å². The number of allylic oxidation sites excluding steroid dienone is 2. The molecule has 13 nitrogen and oxygen atoms in total. The molecule has 6 unspecified atom stereocenters. The zero-order valence-electron chi connectivity index (χ0n) is 36.8. The van der Waals surface area contributed by atoms with Gasteiger partial charge >= 0.3 is 19.8 Å². The largest absolute Gasteiger partial charge is 0.472 e. The number of aliphatic hydroxyl groups excluding tert-OH is 5. The zero-order valence-corrected chi connectivity index (χ0v) is 37.7. The number of carbonyl (C=O) groups excluding carboxylic acids is 2. The third-order valence-corrected chi connectivity index (χ3v) is 12.1. The molecular formula is C45H85O13P. The molecular weight excluding hydrogens is 779 g/mol. The number of hydrogen-bond acceptors (Lipinski definition) is 12. The molecule has 1 aliphatic carbocycles. The van der Waals surface area contributed by atoms with Crippen molar-refractivity contribution in [3.63, 3.8) is 0 Å². The van der Waals surface area contributed by atoms with Crippen LogP contribution in [0.25, 0.3) is 0 Å². The summed E-state index contributed by atoms with van der Waals surface area (Å²) in [4.78, 5) is 35.7. The maximum Gasteiger partial charge on any atom is 0.472 e. The molecule has 1 saturated carbocycles. The molecule has 0 spiro atoms. The van der Waals surface area contributed by atoms with E-state index in [0.29, 0.717) is 12.8 Å². The predicted molar refractivity (Wildman–Crippen MR) is 231 cm³/mol. The molecule has 0 aromatic rings. The van der Waals surface area contributed by atoms with Crippen LogP contribution in [0.5, 0.6) is 0 Å². The van der Waals surface area contributed by atoms with Crippen LogP contribution in [0.4, 0.5) is 0 Å². The first-order valence-corrected chi connectivity index (χ1v) is 25.0. The van der Waals surface area contributed by atoms with Gasteiger partial charge in [-0.05, 0) is 38.5 Å². The molecule has 6 N–H and O–H groups in total. The Labute approximate surface area is 356 Å². The van der Waals surface area contributed by atoms with Crippen molar-refractivity contribution < 1.29 is 63.1 Å². The molecule has 8 atom stereocenters. The van der Waals surface area contributed by atoms with E-state index in [4.69, 9.17) is 18.5 Å². The molecule has 1 rings (SSSR count). The fourth-order valence-corrected chi connectivity index (χ4v) is 8.26. The Hall–Kier alpha value is -1.41. The molecule has 0 aromatic heterocycles. The van der Waals surface area contributed by atoms with Gasteiger partial charge in [-0.3, -0.25) is 18.6 Å². The number of phosphoric ester groups is 1. The van der Waals surface area contributed by atoms with Crippen molar-refractivity contribution in [1.29, 1.82) is 0 Å². The van der Waals surface area contributed by atoms with Gasteiger partial charge in [-0.1, -0.05) is 167 Å². The first-order chi connectivity index (χ1) is 28.4. The number of phosphoric acid groups is 1. The molecule has 0 heterocycles. The van der Waals surface area contributed by atoms with Gasteiger partial charge < -0.3 is 39.9 Å². The summed E-state index contributed by atoms with van der Waals surface area (Å²) < 4.78 is 33.5. The third kappa shape index (κ3) is 28.7. The first-order valence-electron chi connectivity index (χ1n) is 23.5. The molecule has 1 fully saturated rings. The van der Waals surface area contributed by atoms with E-state index in [1.807, 2.05) is 0 Å². The van der Waals surface area contributed by atoms with Crippen LogP contribution in [0, 0.1) is 0 Å². The summed E-state index contributed by atoms with van der Waals surface area (Å²) in [5.74, 6) is -1.10. The summed E-state index contributed by atoms with van der Waals surface area (Å²) in [5, 5.41) is 50.1. The summed E-state index contributed by atoms with van der Waals surface area (Å²) in [7, 11) is -5.11. The molecule has 348 valence electrons. The van der Waals surface area contributed by atoms with Crippen LogP contribution in [-0.2, 0) is 32.7 Å². The van der Waals surface area contributed by atoms with E-state index < -0.39 is 75.7 Å². The first kappa shape index (κ1) is 55.6. The van der Waals surface area contributed by atoms with Gasteiger partial charge in [0.25, 0.3) is 0 Å². The van der Waals surface area contributed by atoms with Crippen LogP contribution in [0.1, 0.15) is 206 Å². The number of aliphatic hydroxyl groups is 5. The van der Waals surface area contributed by atoms with Crippen LogP contribution in [0.2, 0.25) is 0 Å². The average Bonchev–Trinajstić information content (AvgIpc) is 3.21. The van der Waals surface area contributed by atoms with Gasteiger partial charge in [-0.15, -0.1) is 0 Å². The Morgan fingerprint density at radius 1 is 0.508 bits per heavy atom. The van der Waals surface area contributed by atoms with Crippen molar-refractivity contribution >= 4 is 19.8 Å². The fraction of sp³-hybridized carbons (Fsp3) is 0.911. The second-order valence-electron chi connectivity index (χ2n) is 16.6. The average molecular weight is 865 g/mol. The molecule has 0 aromatic carbocycles. The molecule has 59 heavy (non-hydrogen) atoms. The van der Waals surface area contributed by atoms with Crippen molar-refractivity contribution in [3.05, 3.63) is 12.2 Å². The SMILES string of the molecule is CCCCCC/C=C\CCCCCCCC(=O)OC[C@H](COP(=O)(O)OC1C(O)C(O)C(O)[C@@H](O)C1O)OC(=O)CCCCCCCCCCCCCCCCCCC. The topological polar surface area (TPSA) is 210 Å². The minimum absolute atomic E-state index is 0.101. The fourth-order valence-electron chi connectivity index (χ4n) is 7.28. The van der Waals surface area contributed by atoms with Gasteiger partial charge in [0.1, 0.15) is 43.2 Å². The Morgan fingerprint density at radius 2 is 0.864 bits per heavy atom. The highest BCUT2D eigenvalue weighted by Gasteiger charge is 2.51. The van der Waals surface area contributed by atoms with Crippen LogP contribution >= 0.6 is 7.82 Å². The van der Waals surface area contributed by atoms with Crippen LogP contribution in [-0.4, -0.2) is 98.3 Å². The van der Waals surface area contributed by atoms with Gasteiger partial charge in [-0.2, -0.15) is 0 Å². The van der Waals surface area contributed by atoms with E-state index in [9.17, 15) is 44.6 Å². The summed E-state index contributed by atoms with van der Waals surface area (Å²) >= 11 is 0. The van der Waals surface area contributed by atoms with E-state index in [0.717, 1.165) is 57.8 Å². The van der Waals surface area contributed by atoms with E-state index in [1.165, 1.54) is 109 Å². The Bertz CT molecular complexity index is 1090. The van der Waals surface area contributed by atoms with Crippen molar-refractivity contribution in [2.45, 2.75) is 249 Å². The van der Waals surface area contributed by atoms with Gasteiger partial charge in [0.2, 0.25) is 0 Å². The Morgan fingerprint density at radius 3 is 1.31 bits per heavy atom. The van der Waals surface area contributed by atoms with Crippen molar-refractivity contribution in [2.75, 3.05) is 13.2 Å². The van der Waals surface area contributed by atoms with Crippen LogP contribution in [0.3, 0.4) is 0 Å². The lowest BCUT2D eigenvalue weighted by molar-refractivity contribution is -0.220. The number of hydrogen-bond donors (Lipinski definition) is 6. The summed E-state index contributed by atoms with van der Waals surface area (Å²) in [6, 6.07) is 0. The quantitative estimate of drug-likeness (QED) is 0.0148. The monoisotopic (exact) mass is 865 g/mol. The highest BCUT2D eigenvalue weighted by Crippen LogP contribution is 2.47. The molecule has 0 amide bonds. The van der Waals surface area contributed by atoms with Gasteiger partial charge in [0.15, 0.2) is 6.10 Å². The number of unbranched alkanes of at least 4 members (excludes halogenated alkanes) is 25. The number of esters is 2. The third-order valence-electron chi connectivity index (χ3n) is 11.1. The molecule has 0 aliphatic heterocycles. The molecule has 0 bridgehead atoms. The second kappa shape index (κ2) is 36.1. The van der Waals surface area contributed by atoms with Crippen molar-refractivity contribution in [1.82, 2.24) is 0 Å². The minimum Gasteiger partial charge on any atom is -0.462 e. The smallest absolute Gasteiger partial charge is 0.462 e. The maximum atomic E-state index is 12.8. The van der Waals surface area contributed by atoms with E-state index >= 15 is 0 Å². The predicted octanol–water partition coefficient (Wildman–Crippen LogP) is 9.06. The number of ether oxygens (including phenoxy) is 2. The minimum atomic E-state index is -5.11. The molecule has 0 radical (unpaired) electrons. The number of rotatable bonds is 39. The Balaban J connectivity index is 2.44. The Kier molecular flexibility index (Phi) is 34.0. The van der Waals surface area contributed by atoms with E-state index in [-0.39, 0.29) is 12.8 Å². The maximum absolute atomic E-state index is 12.8. The molecule has 1 aliphatic rings. The molecule has 14 heteroatoms. The van der Waals surface area contributed by atoms with Crippen LogP contribution < -0.4 is 0 Å². The highest BCUT2D eigenvalue weighted by atomic mass is 31.2. The normalized spacial score (nSPS) is 22.4. The van der Waals surface area contributed by atoms with Crippen molar-refractivity contribution in [3.8, 4) is 0 Å².